The Hall–Kier alpha value is -3.62. The summed E-state index contributed by atoms with van der Waals surface area (Å²) in [6.45, 7) is -3.08. The molecule has 0 bridgehead atoms. The molecule has 27 heavy (non-hydrogen) atoms. The van der Waals surface area contributed by atoms with Crippen LogP contribution in [0.15, 0.2) is 48.5 Å². The van der Waals surface area contributed by atoms with Gasteiger partial charge in [-0.3, -0.25) is 10.1 Å². The number of carboxylic acid groups (broad SMARTS) is 1. The molecule has 0 saturated heterocycles. The van der Waals surface area contributed by atoms with Crippen LogP contribution in [0.4, 0.5) is 14.5 Å². The van der Waals surface area contributed by atoms with Crippen LogP contribution in [0.25, 0.3) is 10.9 Å². The number of alkyl halides is 2. The van der Waals surface area contributed by atoms with Crippen LogP contribution in [0.5, 0.6) is 5.75 Å². The van der Waals surface area contributed by atoms with E-state index in [1.807, 2.05) is 0 Å². The summed E-state index contributed by atoms with van der Waals surface area (Å²) in [5.41, 5.74) is 1.07. The zero-order chi connectivity index (χ0) is 19.6. The summed E-state index contributed by atoms with van der Waals surface area (Å²) in [6, 6.07) is 11.2. The van der Waals surface area contributed by atoms with E-state index in [9.17, 15) is 28.8 Å². The second-order valence-corrected chi connectivity index (χ2v) is 5.59. The van der Waals surface area contributed by atoms with E-state index in [2.05, 4.69) is 9.72 Å². The predicted octanol–water partition coefficient (Wildman–Crippen LogP) is 4.03. The second kappa shape index (κ2) is 7.32. The Kier molecular flexibility index (Phi) is 4.93. The van der Waals surface area contributed by atoms with Crippen LogP contribution >= 0.6 is 0 Å². The van der Waals surface area contributed by atoms with Gasteiger partial charge in [0.1, 0.15) is 5.52 Å². The van der Waals surface area contributed by atoms with Gasteiger partial charge in [-0.1, -0.05) is 12.1 Å². The van der Waals surface area contributed by atoms with Gasteiger partial charge in [0.25, 0.3) is 5.69 Å². The van der Waals surface area contributed by atoms with Crippen LogP contribution in [0, 0.1) is 10.1 Å². The number of aromatic nitrogens is 1. The predicted molar refractivity (Wildman–Crippen MR) is 91.2 cm³/mol. The molecular weight excluding hydrogens is 362 g/mol. The Morgan fingerprint density at radius 1 is 1.15 bits per heavy atom. The van der Waals surface area contributed by atoms with E-state index in [-0.39, 0.29) is 34.3 Å². The molecule has 0 atom stereocenters. The highest BCUT2D eigenvalue weighted by molar-refractivity contribution is 6.04. The first-order chi connectivity index (χ1) is 12.8. The largest absolute Gasteiger partial charge is 0.478 e. The smallest absolute Gasteiger partial charge is 0.387 e. The number of hydrogen-bond acceptors (Lipinski definition) is 5. The maximum absolute atomic E-state index is 12.6. The van der Waals surface area contributed by atoms with E-state index in [0.29, 0.717) is 5.69 Å². The maximum atomic E-state index is 12.6. The molecule has 0 aliphatic rings. The second-order valence-electron chi connectivity index (χ2n) is 5.59. The molecule has 3 aromatic rings. The standard InChI is InChI=1S/C18H12F2N2O5/c19-18(20)27-15-8-7-14(17(23)24)13-6-3-11(21-16(13)15)9-10-1-4-12(5-2-10)22(25)26/h1-8,18H,9H2,(H,23,24). The summed E-state index contributed by atoms with van der Waals surface area (Å²) in [5.74, 6) is -1.44. The van der Waals surface area contributed by atoms with E-state index in [1.54, 1.807) is 18.2 Å². The fourth-order valence-corrected chi connectivity index (χ4v) is 2.65. The van der Waals surface area contributed by atoms with Crippen molar-refractivity contribution in [1.29, 1.82) is 0 Å². The van der Waals surface area contributed by atoms with Crippen molar-refractivity contribution < 1.29 is 28.3 Å². The molecule has 0 fully saturated rings. The van der Waals surface area contributed by atoms with Crippen LogP contribution < -0.4 is 4.74 Å². The van der Waals surface area contributed by atoms with Gasteiger partial charge in [-0.15, -0.1) is 0 Å². The number of rotatable bonds is 6. The normalized spacial score (nSPS) is 10.9. The molecule has 1 aromatic heterocycles. The molecule has 0 amide bonds. The lowest BCUT2D eigenvalue weighted by molar-refractivity contribution is -0.384. The van der Waals surface area contributed by atoms with E-state index >= 15 is 0 Å². The number of benzene rings is 2. The van der Waals surface area contributed by atoms with E-state index < -0.39 is 17.5 Å². The summed E-state index contributed by atoms with van der Waals surface area (Å²) < 4.78 is 29.7. The molecule has 0 aliphatic heterocycles. The molecule has 1 heterocycles. The highest BCUT2D eigenvalue weighted by Gasteiger charge is 2.16. The Morgan fingerprint density at radius 2 is 1.85 bits per heavy atom. The van der Waals surface area contributed by atoms with Crippen LogP contribution in [0.2, 0.25) is 0 Å². The summed E-state index contributed by atoms with van der Waals surface area (Å²) in [4.78, 5) is 25.8. The zero-order valence-electron chi connectivity index (χ0n) is 13.6. The molecule has 1 N–H and O–H groups in total. The van der Waals surface area contributed by atoms with Crippen molar-refractivity contribution in [2.45, 2.75) is 13.0 Å². The number of hydrogen-bond donors (Lipinski definition) is 1. The summed E-state index contributed by atoms with van der Waals surface area (Å²) in [5, 5.41) is 20.1. The molecule has 0 aliphatic carbocycles. The molecular formula is C18H12F2N2O5. The van der Waals surface area contributed by atoms with Gasteiger partial charge in [-0.2, -0.15) is 8.78 Å². The number of nitrogens with zero attached hydrogens (tertiary/aromatic N) is 2. The first-order valence-electron chi connectivity index (χ1n) is 7.69. The quantitative estimate of drug-likeness (QED) is 0.516. The number of nitro benzene ring substituents is 1. The lowest BCUT2D eigenvalue weighted by Crippen LogP contribution is -2.06. The van der Waals surface area contributed by atoms with Crippen molar-refractivity contribution in [3.63, 3.8) is 0 Å². The Balaban J connectivity index is 2.01. The number of non-ortho nitro benzene ring substituents is 1. The van der Waals surface area contributed by atoms with Crippen molar-refractivity contribution in [2.24, 2.45) is 0 Å². The first kappa shape index (κ1) is 18.2. The van der Waals surface area contributed by atoms with Gasteiger partial charge in [0.2, 0.25) is 0 Å². The van der Waals surface area contributed by atoms with E-state index in [1.165, 1.54) is 24.3 Å². The number of halogens is 2. The third kappa shape index (κ3) is 3.97. The summed E-state index contributed by atoms with van der Waals surface area (Å²) in [7, 11) is 0. The SMILES string of the molecule is O=C(O)c1ccc(OC(F)F)c2nc(Cc3ccc([N+](=O)[O-])cc3)ccc12. The summed E-state index contributed by atoms with van der Waals surface area (Å²) >= 11 is 0. The number of carboxylic acids is 1. The average molecular weight is 374 g/mol. The minimum Gasteiger partial charge on any atom is -0.478 e. The molecule has 3 rings (SSSR count). The molecule has 2 aromatic carbocycles. The molecule has 9 heteroatoms. The Bertz CT molecular complexity index is 1020. The molecule has 0 radical (unpaired) electrons. The van der Waals surface area contributed by atoms with Gasteiger partial charge in [0, 0.05) is 29.6 Å². The minimum atomic E-state index is -3.08. The third-order valence-electron chi connectivity index (χ3n) is 3.86. The van der Waals surface area contributed by atoms with Crippen molar-refractivity contribution in [3.05, 3.63) is 75.5 Å². The van der Waals surface area contributed by atoms with Crippen LogP contribution in [0.3, 0.4) is 0 Å². The van der Waals surface area contributed by atoms with Gasteiger partial charge >= 0.3 is 12.6 Å². The van der Waals surface area contributed by atoms with E-state index in [0.717, 1.165) is 11.6 Å². The number of aromatic carboxylic acids is 1. The van der Waals surface area contributed by atoms with Crippen molar-refractivity contribution in [1.82, 2.24) is 4.98 Å². The zero-order valence-corrected chi connectivity index (χ0v) is 13.6. The Morgan fingerprint density at radius 3 is 2.44 bits per heavy atom. The van der Waals surface area contributed by atoms with Crippen LogP contribution in [-0.2, 0) is 6.42 Å². The lowest BCUT2D eigenvalue weighted by Gasteiger charge is -2.11. The van der Waals surface area contributed by atoms with E-state index in [4.69, 9.17) is 0 Å². The lowest BCUT2D eigenvalue weighted by atomic mass is 10.0. The van der Waals surface area contributed by atoms with Gasteiger partial charge in [-0.05, 0) is 29.8 Å². The minimum absolute atomic E-state index is 0.00890. The highest BCUT2D eigenvalue weighted by Crippen LogP contribution is 2.29. The van der Waals surface area contributed by atoms with Crippen molar-refractivity contribution in [3.8, 4) is 5.75 Å². The average Bonchev–Trinajstić information content (AvgIpc) is 2.62. The van der Waals surface area contributed by atoms with Gasteiger partial charge in [-0.25, -0.2) is 9.78 Å². The fourth-order valence-electron chi connectivity index (χ4n) is 2.65. The molecule has 0 unspecified atom stereocenters. The first-order valence-corrected chi connectivity index (χ1v) is 7.69. The van der Waals surface area contributed by atoms with Gasteiger partial charge < -0.3 is 9.84 Å². The third-order valence-corrected chi connectivity index (χ3v) is 3.86. The molecule has 7 nitrogen and oxygen atoms in total. The van der Waals surface area contributed by atoms with Crippen LogP contribution in [-0.4, -0.2) is 27.6 Å². The monoisotopic (exact) mass is 374 g/mol. The highest BCUT2D eigenvalue weighted by atomic mass is 19.3. The van der Waals surface area contributed by atoms with Gasteiger partial charge in [0.05, 0.1) is 10.5 Å². The fraction of sp³-hybridized carbons (Fsp3) is 0.111. The topological polar surface area (TPSA) is 103 Å². The molecule has 0 saturated carbocycles. The van der Waals surface area contributed by atoms with Crippen molar-refractivity contribution in [2.75, 3.05) is 0 Å². The number of nitro groups is 1. The Labute approximate surface area is 151 Å². The van der Waals surface area contributed by atoms with Crippen LogP contribution in [0.1, 0.15) is 21.6 Å². The number of pyridine rings is 1. The number of ether oxygens (including phenoxy) is 1. The molecule has 0 spiro atoms. The summed E-state index contributed by atoms with van der Waals surface area (Å²) in [6.07, 6.45) is 0.277. The van der Waals surface area contributed by atoms with Gasteiger partial charge in [0.15, 0.2) is 5.75 Å². The maximum Gasteiger partial charge on any atom is 0.387 e. The van der Waals surface area contributed by atoms with Crippen molar-refractivity contribution >= 4 is 22.6 Å². The number of fused-ring (bicyclic) bond motifs is 1. The number of carbonyl (C=O) groups is 1. The molecule has 138 valence electrons.